The molecule has 0 unspecified atom stereocenters. The number of carbonyl (C=O) groups is 1. The van der Waals surface area contributed by atoms with Crippen LogP contribution in [0.2, 0.25) is 0 Å². The van der Waals surface area contributed by atoms with Crippen LogP contribution < -0.4 is 21.3 Å². The number of H-pyrrole nitrogens is 2. The fourth-order valence-corrected chi connectivity index (χ4v) is 4.13. The van der Waals surface area contributed by atoms with Crippen molar-refractivity contribution in [3.05, 3.63) is 92.4 Å². The number of imidazole rings is 1. The average molecular weight is 496 g/mol. The fourth-order valence-electron chi connectivity index (χ4n) is 4.13. The van der Waals surface area contributed by atoms with Gasteiger partial charge in [-0.2, -0.15) is 0 Å². The van der Waals surface area contributed by atoms with Gasteiger partial charge in [0.1, 0.15) is 11.3 Å². The summed E-state index contributed by atoms with van der Waals surface area (Å²) in [7, 11) is 0. The number of benzene rings is 2. The van der Waals surface area contributed by atoms with Crippen molar-refractivity contribution >= 4 is 29.4 Å². The molecule has 0 spiro atoms. The molecular formula is C25H26ClN5O4. The molecular weight excluding hydrogens is 470 g/mol. The van der Waals surface area contributed by atoms with Gasteiger partial charge < -0.3 is 15.0 Å². The van der Waals surface area contributed by atoms with Crippen LogP contribution in [0.5, 0.6) is 5.75 Å². The molecule has 1 aliphatic heterocycles. The number of ether oxygens (including phenoxy) is 1. The quantitative estimate of drug-likeness (QED) is 0.339. The van der Waals surface area contributed by atoms with E-state index >= 15 is 0 Å². The molecule has 182 valence electrons. The first-order valence-electron chi connectivity index (χ1n) is 11.3. The Morgan fingerprint density at radius 1 is 1.00 bits per heavy atom. The van der Waals surface area contributed by atoms with Gasteiger partial charge in [-0.1, -0.05) is 30.3 Å². The molecule has 2 aromatic heterocycles. The number of ketones is 1. The maximum Gasteiger partial charge on any atom is 0.330 e. The van der Waals surface area contributed by atoms with E-state index in [0.29, 0.717) is 23.8 Å². The lowest BCUT2D eigenvalue weighted by Gasteiger charge is -2.22. The van der Waals surface area contributed by atoms with Crippen LogP contribution in [0.1, 0.15) is 34.6 Å². The molecule has 3 N–H and O–H groups in total. The molecule has 1 fully saturated rings. The van der Waals surface area contributed by atoms with E-state index < -0.39 is 11.2 Å². The number of halogens is 1. The summed E-state index contributed by atoms with van der Waals surface area (Å²) < 4.78 is 6.96. The van der Waals surface area contributed by atoms with Gasteiger partial charge in [0.05, 0.1) is 13.2 Å². The molecule has 1 aliphatic rings. The van der Waals surface area contributed by atoms with Crippen molar-refractivity contribution in [2.24, 2.45) is 5.92 Å². The zero-order valence-corrected chi connectivity index (χ0v) is 19.8. The Morgan fingerprint density at radius 2 is 1.71 bits per heavy atom. The molecule has 4 aromatic rings. The molecule has 9 nitrogen and oxygen atoms in total. The molecule has 3 heterocycles. The normalized spacial score (nSPS) is 13.9. The van der Waals surface area contributed by atoms with Crippen molar-refractivity contribution in [3.8, 4) is 5.75 Å². The molecule has 0 aliphatic carbocycles. The fraction of sp³-hybridized carbons (Fsp3) is 0.280. The first kappa shape index (κ1) is 24.4. The second kappa shape index (κ2) is 10.7. The lowest BCUT2D eigenvalue weighted by atomic mass is 9.99. The molecule has 35 heavy (non-hydrogen) atoms. The number of hydrogen-bond acceptors (Lipinski definition) is 6. The van der Waals surface area contributed by atoms with Crippen molar-refractivity contribution < 1.29 is 9.53 Å². The van der Waals surface area contributed by atoms with Crippen LogP contribution in [-0.2, 0) is 6.54 Å². The second-order valence-electron chi connectivity index (χ2n) is 8.47. The van der Waals surface area contributed by atoms with E-state index in [9.17, 15) is 14.4 Å². The predicted molar refractivity (Wildman–Crippen MR) is 135 cm³/mol. The first-order valence-corrected chi connectivity index (χ1v) is 11.3. The number of fused-ring (bicyclic) bond motifs is 1. The third-order valence-corrected chi connectivity index (χ3v) is 6.09. The van der Waals surface area contributed by atoms with Crippen LogP contribution in [0.15, 0.2) is 64.2 Å². The Kier molecular flexibility index (Phi) is 7.48. The van der Waals surface area contributed by atoms with Gasteiger partial charge in [0.15, 0.2) is 11.5 Å². The summed E-state index contributed by atoms with van der Waals surface area (Å²) in [6.07, 6.45) is 2.19. The summed E-state index contributed by atoms with van der Waals surface area (Å²) in [6, 6.07) is 16.0. The number of aromatic nitrogens is 4. The Balaban J connectivity index is 0.00000289. The van der Waals surface area contributed by atoms with Crippen molar-refractivity contribution in [1.82, 2.24) is 24.8 Å². The van der Waals surface area contributed by atoms with Crippen molar-refractivity contribution in [2.75, 3.05) is 19.7 Å². The predicted octanol–water partition coefficient (Wildman–Crippen LogP) is 2.49. The zero-order valence-electron chi connectivity index (χ0n) is 19.0. The van der Waals surface area contributed by atoms with Crippen LogP contribution in [0.25, 0.3) is 11.2 Å². The highest BCUT2D eigenvalue weighted by Gasteiger charge is 2.19. The summed E-state index contributed by atoms with van der Waals surface area (Å²) in [6.45, 7) is 2.80. The van der Waals surface area contributed by atoms with Crippen molar-refractivity contribution in [1.29, 1.82) is 0 Å². The van der Waals surface area contributed by atoms with Crippen LogP contribution in [0.4, 0.5) is 0 Å². The monoisotopic (exact) mass is 495 g/mol. The topological polar surface area (TPSA) is 122 Å². The number of rotatable bonds is 7. The minimum Gasteiger partial charge on any atom is -0.493 e. The summed E-state index contributed by atoms with van der Waals surface area (Å²) >= 11 is 0. The Labute approximate surface area is 207 Å². The van der Waals surface area contributed by atoms with Crippen molar-refractivity contribution in [2.45, 2.75) is 19.4 Å². The minimum atomic E-state index is -0.581. The Hall–Kier alpha value is -3.69. The SMILES string of the molecule is Cl.O=C(c1ccc(OCC2CCNCC2)cc1)c1nc2[nH]c(=O)n(Cc3ccccc3)c(=O)c2[nH]1. The van der Waals surface area contributed by atoms with Gasteiger partial charge in [-0.3, -0.25) is 19.1 Å². The van der Waals surface area contributed by atoms with Gasteiger partial charge in [0, 0.05) is 5.56 Å². The third-order valence-electron chi connectivity index (χ3n) is 6.09. The van der Waals surface area contributed by atoms with Crippen LogP contribution in [0.3, 0.4) is 0 Å². The molecule has 1 saturated heterocycles. The Bertz CT molecular complexity index is 1420. The molecule has 5 rings (SSSR count). The number of carbonyl (C=O) groups excluding carboxylic acids is 1. The first-order chi connectivity index (χ1) is 16.6. The van der Waals surface area contributed by atoms with E-state index in [4.69, 9.17) is 4.74 Å². The van der Waals surface area contributed by atoms with Gasteiger partial charge in [-0.15, -0.1) is 12.4 Å². The van der Waals surface area contributed by atoms with E-state index in [1.54, 1.807) is 24.3 Å². The highest BCUT2D eigenvalue weighted by molar-refractivity contribution is 6.07. The highest BCUT2D eigenvalue weighted by Crippen LogP contribution is 2.18. The summed E-state index contributed by atoms with van der Waals surface area (Å²) in [5.74, 6) is 0.846. The molecule has 0 atom stereocenters. The highest BCUT2D eigenvalue weighted by atomic mass is 35.5. The third kappa shape index (κ3) is 5.36. The lowest BCUT2D eigenvalue weighted by Crippen LogP contribution is -2.35. The summed E-state index contributed by atoms with van der Waals surface area (Å²) in [5.41, 5.74) is 0.247. The molecule has 0 bridgehead atoms. The second-order valence-corrected chi connectivity index (χ2v) is 8.47. The van der Waals surface area contributed by atoms with Gasteiger partial charge in [0.2, 0.25) is 5.78 Å². The summed E-state index contributed by atoms with van der Waals surface area (Å²) in [4.78, 5) is 47.9. The molecule has 0 radical (unpaired) electrons. The minimum absolute atomic E-state index is 0. The lowest BCUT2D eigenvalue weighted by molar-refractivity contribution is 0.103. The van der Waals surface area contributed by atoms with Crippen molar-refractivity contribution in [3.63, 3.8) is 0 Å². The van der Waals surface area contributed by atoms with Crippen LogP contribution in [0, 0.1) is 5.92 Å². The number of piperidine rings is 1. The molecule has 0 saturated carbocycles. The van der Waals surface area contributed by atoms with Crippen LogP contribution in [-0.4, -0.2) is 45.0 Å². The maximum absolute atomic E-state index is 13.0. The molecule has 10 heteroatoms. The molecule has 0 amide bonds. The van der Waals surface area contributed by atoms with Gasteiger partial charge in [-0.05, 0) is 61.7 Å². The largest absolute Gasteiger partial charge is 0.493 e. The zero-order chi connectivity index (χ0) is 23.5. The number of nitrogens with one attached hydrogen (secondary N) is 3. The van der Waals surface area contributed by atoms with E-state index in [1.165, 1.54) is 0 Å². The van der Waals surface area contributed by atoms with Gasteiger partial charge in [0.25, 0.3) is 5.56 Å². The smallest absolute Gasteiger partial charge is 0.330 e. The van der Waals surface area contributed by atoms with E-state index in [0.717, 1.165) is 36.1 Å². The van der Waals surface area contributed by atoms with Gasteiger partial charge >= 0.3 is 5.69 Å². The van der Waals surface area contributed by atoms with Gasteiger partial charge in [-0.25, -0.2) is 9.78 Å². The number of hydrogen-bond donors (Lipinski definition) is 3. The number of aromatic amines is 2. The van der Waals surface area contributed by atoms with E-state index in [-0.39, 0.29) is 41.7 Å². The van der Waals surface area contributed by atoms with Crippen LogP contribution >= 0.6 is 12.4 Å². The summed E-state index contributed by atoms with van der Waals surface area (Å²) in [5, 5.41) is 3.34. The molecule has 2 aromatic carbocycles. The van der Waals surface area contributed by atoms with E-state index in [1.807, 2.05) is 30.3 Å². The number of nitrogens with zero attached hydrogens (tertiary/aromatic N) is 2. The average Bonchev–Trinajstić information content (AvgIpc) is 3.30. The Morgan fingerprint density at radius 3 is 2.43 bits per heavy atom. The standard InChI is InChI=1S/C25H25N5O4.ClH/c31-21(18-6-8-19(9-7-18)34-15-17-10-12-26-13-11-17)23-27-20-22(28-23)29-25(33)30(24(20)32)14-16-4-2-1-3-5-16;/h1-9,17,26H,10-15H2,(H,27,28)(H,29,33);1H. The maximum atomic E-state index is 13.0. The van der Waals surface area contributed by atoms with E-state index in [2.05, 4.69) is 20.3 Å².